The van der Waals surface area contributed by atoms with Crippen molar-refractivity contribution in [3.8, 4) is 11.5 Å². The molecule has 2 aliphatic rings. The van der Waals surface area contributed by atoms with E-state index in [9.17, 15) is 9.90 Å². The number of nitrogens with zero attached hydrogens (tertiary/aromatic N) is 3. The first-order valence-electron chi connectivity index (χ1n) is 10.1. The number of carbonyl (C=O) groups is 1. The molecular formula is C23H23N5O4. The molecule has 32 heavy (non-hydrogen) atoms. The first-order chi connectivity index (χ1) is 15.4. The van der Waals surface area contributed by atoms with Crippen molar-refractivity contribution in [3.63, 3.8) is 0 Å². The van der Waals surface area contributed by atoms with E-state index in [1.165, 1.54) is 6.92 Å². The van der Waals surface area contributed by atoms with Gasteiger partial charge < -0.3 is 29.4 Å². The van der Waals surface area contributed by atoms with Gasteiger partial charge in [-0.05, 0) is 12.1 Å². The molecule has 164 valence electrons. The maximum Gasteiger partial charge on any atom is 0.219 e. The van der Waals surface area contributed by atoms with Gasteiger partial charge in [-0.2, -0.15) is 0 Å². The molecule has 1 amide bonds. The minimum Gasteiger partial charge on any atom is -0.509 e. The van der Waals surface area contributed by atoms with Gasteiger partial charge in [0.1, 0.15) is 34.5 Å². The Hall–Kier alpha value is -4.01. The van der Waals surface area contributed by atoms with Crippen molar-refractivity contribution >= 4 is 34.0 Å². The highest BCUT2D eigenvalue weighted by atomic mass is 16.5. The summed E-state index contributed by atoms with van der Waals surface area (Å²) in [6.45, 7) is 1.99. The standard InChI is InChI=1S/C23H23N5O4/c1-13(29)27-11-23(12-27)20(30)19(22-25-17-6-4-5-7-18(17)26-22)21(24)28(23)14-8-15(31-2)10-16(9-14)32-3/h4-10,24,30H,11-12H2,1-3H3,(H,25,26). The van der Waals surface area contributed by atoms with Crippen LogP contribution in [0.5, 0.6) is 11.5 Å². The van der Waals surface area contributed by atoms with Gasteiger partial charge in [0.2, 0.25) is 5.91 Å². The lowest BCUT2D eigenvalue weighted by Crippen LogP contribution is -2.71. The van der Waals surface area contributed by atoms with Crippen LogP contribution in [0.4, 0.5) is 5.69 Å². The first kappa shape index (κ1) is 19.9. The summed E-state index contributed by atoms with van der Waals surface area (Å²) in [5.41, 5.74) is 1.52. The number of hydrogen-bond acceptors (Lipinski definition) is 6. The molecule has 1 fully saturated rings. The third kappa shape index (κ3) is 2.74. The van der Waals surface area contributed by atoms with Gasteiger partial charge in [0, 0.05) is 25.1 Å². The molecule has 9 nitrogen and oxygen atoms in total. The number of aromatic nitrogens is 2. The molecule has 0 bridgehead atoms. The molecule has 9 heteroatoms. The molecule has 0 radical (unpaired) electrons. The average Bonchev–Trinajstić information content (AvgIpc) is 3.27. The fourth-order valence-electron chi connectivity index (χ4n) is 4.47. The van der Waals surface area contributed by atoms with E-state index in [4.69, 9.17) is 14.9 Å². The van der Waals surface area contributed by atoms with E-state index in [1.807, 2.05) is 24.3 Å². The number of aliphatic hydroxyl groups is 1. The predicted octanol–water partition coefficient (Wildman–Crippen LogP) is 2.95. The van der Waals surface area contributed by atoms with E-state index in [-0.39, 0.29) is 30.6 Å². The van der Waals surface area contributed by atoms with Gasteiger partial charge in [-0.3, -0.25) is 10.2 Å². The fraction of sp³-hybridized carbons (Fsp3) is 0.261. The van der Waals surface area contributed by atoms with Gasteiger partial charge in [-0.15, -0.1) is 0 Å². The molecule has 0 unspecified atom stereocenters. The van der Waals surface area contributed by atoms with E-state index in [1.54, 1.807) is 42.2 Å². The summed E-state index contributed by atoms with van der Waals surface area (Å²) >= 11 is 0. The Balaban J connectivity index is 1.66. The van der Waals surface area contributed by atoms with Gasteiger partial charge in [0.05, 0.1) is 49.6 Å². The minimum atomic E-state index is -0.964. The van der Waals surface area contributed by atoms with Crippen molar-refractivity contribution in [1.82, 2.24) is 14.9 Å². The highest BCUT2D eigenvalue weighted by Crippen LogP contribution is 2.47. The molecule has 0 saturated carbocycles. The second-order valence-corrected chi connectivity index (χ2v) is 7.99. The monoisotopic (exact) mass is 433 g/mol. The van der Waals surface area contributed by atoms with Crippen LogP contribution in [-0.2, 0) is 4.79 Å². The molecule has 0 atom stereocenters. The van der Waals surface area contributed by atoms with Crippen LogP contribution >= 0.6 is 0 Å². The van der Waals surface area contributed by atoms with Crippen LogP contribution in [0.15, 0.2) is 48.2 Å². The number of aromatic amines is 1. The molecule has 2 aromatic carbocycles. The number of carbonyl (C=O) groups excluding carboxylic acids is 1. The topological polar surface area (TPSA) is 115 Å². The number of para-hydroxylation sites is 2. The number of fused-ring (bicyclic) bond motifs is 1. The highest BCUT2D eigenvalue weighted by Gasteiger charge is 2.59. The molecule has 3 N–H and O–H groups in total. The van der Waals surface area contributed by atoms with Gasteiger partial charge in [0.15, 0.2) is 0 Å². The number of anilines is 1. The van der Waals surface area contributed by atoms with E-state index < -0.39 is 5.54 Å². The smallest absolute Gasteiger partial charge is 0.219 e. The number of aliphatic hydroxyl groups excluding tert-OH is 1. The number of hydrogen-bond donors (Lipinski definition) is 3. The average molecular weight is 433 g/mol. The zero-order valence-electron chi connectivity index (χ0n) is 18.0. The van der Waals surface area contributed by atoms with Crippen LogP contribution in [0.1, 0.15) is 12.7 Å². The van der Waals surface area contributed by atoms with Crippen molar-refractivity contribution < 1.29 is 19.4 Å². The van der Waals surface area contributed by atoms with E-state index in [0.29, 0.717) is 28.6 Å². The maximum absolute atomic E-state index is 12.0. The quantitative estimate of drug-likeness (QED) is 0.583. The Morgan fingerprint density at radius 2 is 1.81 bits per heavy atom. The first-order valence-corrected chi connectivity index (χ1v) is 10.1. The van der Waals surface area contributed by atoms with Gasteiger partial charge in [-0.1, -0.05) is 12.1 Å². The molecule has 1 aromatic heterocycles. The molecule has 2 aliphatic heterocycles. The van der Waals surface area contributed by atoms with Crippen LogP contribution in [0, 0.1) is 5.41 Å². The number of benzene rings is 2. The van der Waals surface area contributed by atoms with E-state index in [2.05, 4.69) is 9.97 Å². The lowest BCUT2D eigenvalue weighted by molar-refractivity contribution is -0.135. The third-order valence-corrected chi connectivity index (χ3v) is 6.14. The second-order valence-electron chi connectivity index (χ2n) is 7.99. The Labute approximate surface area is 184 Å². The molecule has 1 spiro atoms. The van der Waals surface area contributed by atoms with Crippen LogP contribution < -0.4 is 14.4 Å². The summed E-state index contributed by atoms with van der Waals surface area (Å²) in [6.07, 6.45) is 0. The van der Waals surface area contributed by atoms with Crippen molar-refractivity contribution in [2.45, 2.75) is 12.5 Å². The van der Waals surface area contributed by atoms with E-state index >= 15 is 0 Å². The summed E-state index contributed by atoms with van der Waals surface area (Å²) in [6, 6.07) is 12.8. The Morgan fingerprint density at radius 1 is 1.16 bits per heavy atom. The highest BCUT2D eigenvalue weighted by molar-refractivity contribution is 6.32. The molecular weight excluding hydrogens is 410 g/mol. The zero-order chi connectivity index (χ0) is 22.6. The number of methoxy groups -OCH3 is 2. The normalized spacial score (nSPS) is 17.3. The lowest BCUT2D eigenvalue weighted by Gasteiger charge is -2.52. The summed E-state index contributed by atoms with van der Waals surface area (Å²) in [7, 11) is 3.11. The van der Waals surface area contributed by atoms with Gasteiger partial charge in [0.25, 0.3) is 0 Å². The number of ether oxygens (including phenoxy) is 2. The lowest BCUT2D eigenvalue weighted by atomic mass is 9.86. The van der Waals surface area contributed by atoms with Gasteiger partial charge in [-0.25, -0.2) is 4.98 Å². The number of H-pyrrole nitrogens is 1. The summed E-state index contributed by atoms with van der Waals surface area (Å²) in [5, 5.41) is 20.5. The molecule has 3 heterocycles. The predicted molar refractivity (Wildman–Crippen MR) is 120 cm³/mol. The van der Waals surface area contributed by atoms with Crippen LogP contribution in [0.3, 0.4) is 0 Å². The van der Waals surface area contributed by atoms with Crippen molar-refractivity contribution in [1.29, 1.82) is 5.41 Å². The molecule has 0 aliphatic carbocycles. The molecule has 5 rings (SSSR count). The number of amides is 1. The minimum absolute atomic E-state index is 0.0147. The van der Waals surface area contributed by atoms with Crippen LogP contribution in [0.25, 0.3) is 16.6 Å². The molecule has 3 aromatic rings. The number of nitrogens with one attached hydrogen (secondary N) is 2. The molecule has 1 saturated heterocycles. The second kappa shape index (κ2) is 7.01. The zero-order valence-corrected chi connectivity index (χ0v) is 18.0. The number of imidazole rings is 1. The Morgan fingerprint density at radius 3 is 2.41 bits per heavy atom. The summed E-state index contributed by atoms with van der Waals surface area (Å²) in [5.74, 6) is 1.53. The maximum atomic E-state index is 12.0. The summed E-state index contributed by atoms with van der Waals surface area (Å²) in [4.78, 5) is 23.1. The SMILES string of the molecule is COc1cc(OC)cc(N2C(=N)C(c3nc4ccccc4[nH]3)=C(O)C23CN(C(C)=O)C3)c1. The largest absolute Gasteiger partial charge is 0.509 e. The number of likely N-dealkylation sites (tertiary alicyclic amines) is 1. The van der Waals surface area contributed by atoms with Crippen LogP contribution in [-0.4, -0.2) is 64.6 Å². The third-order valence-electron chi connectivity index (χ3n) is 6.14. The fourth-order valence-corrected chi connectivity index (χ4v) is 4.47. The van der Waals surface area contributed by atoms with Crippen LogP contribution in [0.2, 0.25) is 0 Å². The number of amidine groups is 1. The van der Waals surface area contributed by atoms with Crippen molar-refractivity contribution in [2.24, 2.45) is 0 Å². The van der Waals surface area contributed by atoms with Crippen molar-refractivity contribution in [3.05, 3.63) is 54.0 Å². The Kier molecular flexibility index (Phi) is 4.37. The van der Waals surface area contributed by atoms with Gasteiger partial charge >= 0.3 is 0 Å². The number of rotatable bonds is 4. The van der Waals surface area contributed by atoms with Crippen molar-refractivity contribution in [2.75, 3.05) is 32.2 Å². The summed E-state index contributed by atoms with van der Waals surface area (Å²) < 4.78 is 10.8. The Bertz CT molecular complexity index is 1230. The van der Waals surface area contributed by atoms with E-state index in [0.717, 1.165) is 11.0 Å².